The van der Waals surface area contributed by atoms with E-state index >= 15 is 0 Å². The number of pyridine rings is 1. The topological polar surface area (TPSA) is 128 Å². The predicted molar refractivity (Wildman–Crippen MR) is 45.5 cm³/mol. The lowest BCUT2D eigenvalue weighted by Gasteiger charge is -1.87. The summed E-state index contributed by atoms with van der Waals surface area (Å²) in [4.78, 5) is 35.4. The molecule has 0 spiro atoms. The first-order valence-electron chi connectivity index (χ1n) is 3.22. The predicted octanol–water partition coefficient (Wildman–Crippen LogP) is -0.149. The number of phosphoric acid groups is 1. The fraction of sp³-hybridized carbons (Fsp3) is 0. The summed E-state index contributed by atoms with van der Waals surface area (Å²) in [7, 11) is -4.64. The van der Waals surface area contributed by atoms with Crippen molar-refractivity contribution in [3.63, 3.8) is 0 Å². The van der Waals surface area contributed by atoms with Crippen LogP contribution in [0.25, 0.3) is 0 Å². The van der Waals surface area contributed by atoms with Gasteiger partial charge in [-0.1, -0.05) is 0 Å². The molecule has 1 aromatic heterocycles. The maximum Gasteiger partial charge on any atom is 0.466 e. The first kappa shape index (κ1) is 12.7. The van der Waals surface area contributed by atoms with E-state index in [2.05, 4.69) is 4.98 Å². The lowest BCUT2D eigenvalue weighted by atomic mass is 10.3. The van der Waals surface area contributed by atoms with E-state index in [1.54, 1.807) is 0 Å². The minimum Gasteiger partial charge on any atom is -0.478 e. The van der Waals surface area contributed by atoms with Gasteiger partial charge in [0.25, 0.3) is 0 Å². The number of carbonyl (C=O) groups is 1. The number of carboxylic acids is 1. The summed E-state index contributed by atoms with van der Waals surface area (Å²) >= 11 is 0. The molecule has 0 amide bonds. The van der Waals surface area contributed by atoms with Gasteiger partial charge in [0.05, 0.1) is 5.56 Å². The summed E-state index contributed by atoms with van der Waals surface area (Å²) in [6, 6.07) is 2.89. The highest BCUT2D eigenvalue weighted by atomic mass is 31.2. The molecule has 0 atom stereocenters. The van der Waals surface area contributed by atoms with Crippen molar-refractivity contribution >= 4 is 13.8 Å². The zero-order valence-corrected chi connectivity index (χ0v) is 7.70. The highest BCUT2D eigenvalue weighted by Crippen LogP contribution is 2.25. The monoisotopic (exact) mass is 221 g/mol. The van der Waals surface area contributed by atoms with Crippen molar-refractivity contribution in [1.29, 1.82) is 0 Å². The smallest absolute Gasteiger partial charge is 0.466 e. The molecule has 78 valence electrons. The van der Waals surface area contributed by atoms with E-state index in [0.717, 1.165) is 0 Å². The quantitative estimate of drug-likeness (QED) is 0.485. The Labute approximate surface area is 78.9 Å². The van der Waals surface area contributed by atoms with Gasteiger partial charge < -0.3 is 19.8 Å². The molecule has 1 rings (SSSR count). The van der Waals surface area contributed by atoms with E-state index in [-0.39, 0.29) is 5.56 Å². The van der Waals surface area contributed by atoms with Gasteiger partial charge in [0.15, 0.2) is 0 Å². The van der Waals surface area contributed by atoms with Crippen LogP contribution in [-0.4, -0.2) is 30.7 Å². The molecule has 14 heavy (non-hydrogen) atoms. The highest BCUT2D eigenvalue weighted by Gasteiger charge is 2.00. The van der Waals surface area contributed by atoms with Crippen molar-refractivity contribution in [2.24, 2.45) is 0 Å². The minimum absolute atomic E-state index is 0.269. The molecule has 8 heteroatoms. The average molecular weight is 221 g/mol. The maximum atomic E-state index is 10.2. The third-order valence-electron chi connectivity index (χ3n) is 0.927. The highest BCUT2D eigenvalue weighted by molar-refractivity contribution is 7.45. The van der Waals surface area contributed by atoms with E-state index < -0.39 is 13.8 Å². The Balaban J connectivity index is 0.000000292. The van der Waals surface area contributed by atoms with Crippen LogP contribution in [0.4, 0.5) is 0 Å². The summed E-state index contributed by atoms with van der Waals surface area (Å²) in [6.45, 7) is 0. The summed E-state index contributed by atoms with van der Waals surface area (Å²) < 4.78 is 8.88. The Bertz CT molecular complexity index is 325. The van der Waals surface area contributed by atoms with Crippen molar-refractivity contribution in [3.05, 3.63) is 30.1 Å². The third kappa shape index (κ3) is 8.82. The molecule has 0 aromatic carbocycles. The van der Waals surface area contributed by atoms with Gasteiger partial charge >= 0.3 is 13.8 Å². The lowest BCUT2D eigenvalue weighted by Crippen LogP contribution is -1.94. The normalized spacial score (nSPS) is 9.93. The second-order valence-electron chi connectivity index (χ2n) is 2.05. The third-order valence-corrected chi connectivity index (χ3v) is 0.927. The number of carboxylic acid groups (broad SMARTS) is 1. The Kier molecular flexibility index (Phi) is 4.96. The molecule has 0 saturated heterocycles. The van der Waals surface area contributed by atoms with E-state index in [9.17, 15) is 4.79 Å². The molecule has 0 aliphatic carbocycles. The van der Waals surface area contributed by atoms with Gasteiger partial charge in [-0.15, -0.1) is 0 Å². The van der Waals surface area contributed by atoms with Crippen LogP contribution in [0.15, 0.2) is 24.5 Å². The number of nitrogens with zero attached hydrogens (tertiary/aromatic N) is 1. The minimum atomic E-state index is -4.64. The molecule has 1 aromatic rings. The van der Waals surface area contributed by atoms with Crippen molar-refractivity contribution in [2.75, 3.05) is 0 Å². The molecule has 7 nitrogen and oxygen atoms in total. The number of aromatic carboxylic acids is 1. The first-order chi connectivity index (χ1) is 6.30. The fourth-order valence-corrected chi connectivity index (χ4v) is 0.494. The van der Waals surface area contributed by atoms with Crippen LogP contribution in [0.5, 0.6) is 0 Å². The van der Waals surface area contributed by atoms with Crippen molar-refractivity contribution in [3.8, 4) is 0 Å². The van der Waals surface area contributed by atoms with Gasteiger partial charge in [-0.2, -0.15) is 0 Å². The van der Waals surface area contributed by atoms with Crippen LogP contribution in [0.3, 0.4) is 0 Å². The molecule has 0 radical (unpaired) electrons. The lowest BCUT2D eigenvalue weighted by molar-refractivity contribution is 0.0696. The van der Waals surface area contributed by atoms with Crippen molar-refractivity contribution < 1.29 is 29.1 Å². The summed E-state index contributed by atoms with van der Waals surface area (Å²) in [5, 5.41) is 8.36. The van der Waals surface area contributed by atoms with Crippen LogP contribution in [0, 0.1) is 0 Å². The second-order valence-corrected chi connectivity index (χ2v) is 3.08. The average Bonchev–Trinajstić information content (AvgIpc) is 2.03. The van der Waals surface area contributed by atoms with Gasteiger partial charge in [0, 0.05) is 12.4 Å². The molecular formula is C6H8NO6P. The maximum absolute atomic E-state index is 10.2. The molecule has 0 saturated carbocycles. The molecule has 0 aliphatic rings. The zero-order chi connectivity index (χ0) is 11.2. The Morgan fingerprint density at radius 2 is 1.57 bits per heavy atom. The number of rotatable bonds is 1. The number of aromatic nitrogens is 1. The molecule has 4 N–H and O–H groups in total. The molecule has 0 fully saturated rings. The fourth-order valence-electron chi connectivity index (χ4n) is 0.494. The van der Waals surface area contributed by atoms with Crippen LogP contribution in [0.1, 0.15) is 10.4 Å². The van der Waals surface area contributed by atoms with E-state index in [1.165, 1.54) is 24.5 Å². The zero-order valence-electron chi connectivity index (χ0n) is 6.81. The van der Waals surface area contributed by atoms with Gasteiger partial charge in [-0.25, -0.2) is 9.36 Å². The largest absolute Gasteiger partial charge is 0.478 e. The summed E-state index contributed by atoms with van der Waals surface area (Å²) in [6.07, 6.45) is 2.90. The van der Waals surface area contributed by atoms with Crippen molar-refractivity contribution in [1.82, 2.24) is 4.98 Å². The molecule has 0 aliphatic heterocycles. The number of hydrogen-bond donors (Lipinski definition) is 4. The summed E-state index contributed by atoms with van der Waals surface area (Å²) in [5.41, 5.74) is 0.269. The van der Waals surface area contributed by atoms with Crippen LogP contribution < -0.4 is 0 Å². The van der Waals surface area contributed by atoms with E-state index in [0.29, 0.717) is 0 Å². The van der Waals surface area contributed by atoms with Gasteiger partial charge in [-0.3, -0.25) is 4.98 Å². The van der Waals surface area contributed by atoms with Crippen LogP contribution >= 0.6 is 7.82 Å². The Morgan fingerprint density at radius 1 is 1.21 bits per heavy atom. The molecule has 0 unspecified atom stereocenters. The Morgan fingerprint density at radius 3 is 1.79 bits per heavy atom. The first-order valence-corrected chi connectivity index (χ1v) is 4.79. The van der Waals surface area contributed by atoms with Crippen LogP contribution in [-0.2, 0) is 4.57 Å². The van der Waals surface area contributed by atoms with E-state index in [1.807, 2.05) is 0 Å². The summed E-state index contributed by atoms with van der Waals surface area (Å²) in [5.74, 6) is -0.919. The van der Waals surface area contributed by atoms with Gasteiger partial charge in [0.2, 0.25) is 0 Å². The Hall–Kier alpha value is -1.27. The second kappa shape index (κ2) is 5.46. The van der Waals surface area contributed by atoms with Crippen LogP contribution in [0.2, 0.25) is 0 Å². The van der Waals surface area contributed by atoms with E-state index in [4.69, 9.17) is 24.4 Å². The number of hydrogen-bond acceptors (Lipinski definition) is 3. The van der Waals surface area contributed by atoms with Gasteiger partial charge in [0.1, 0.15) is 0 Å². The molecule has 0 bridgehead atoms. The van der Waals surface area contributed by atoms with Gasteiger partial charge in [-0.05, 0) is 12.1 Å². The van der Waals surface area contributed by atoms with Crippen molar-refractivity contribution in [2.45, 2.75) is 0 Å². The standard InChI is InChI=1S/C6H5NO2.H3O4P/c8-6(9)5-1-3-7-4-2-5;1-5(2,3)4/h1-4H,(H,8,9);(H3,1,2,3,4). The SMILES string of the molecule is O=C(O)c1ccncc1.O=P(O)(O)O. The molecule has 1 heterocycles. The molecular weight excluding hydrogens is 213 g/mol.